The zero-order valence-corrected chi connectivity index (χ0v) is 23.4. The zero-order valence-electron chi connectivity index (χ0n) is 22.5. The van der Waals surface area contributed by atoms with Crippen LogP contribution in [0.5, 0.6) is 11.5 Å². The average Bonchev–Trinajstić information content (AvgIpc) is 3.34. The molecule has 0 bridgehead atoms. The summed E-state index contributed by atoms with van der Waals surface area (Å²) < 4.78 is 12.5. The molecule has 0 fully saturated rings. The zero-order chi connectivity index (χ0) is 26.9. The molecule has 0 aliphatic carbocycles. The van der Waals surface area contributed by atoms with Gasteiger partial charge in [0.15, 0.2) is 22.4 Å². The fourth-order valence-electron chi connectivity index (χ4n) is 3.33. The third-order valence-electron chi connectivity index (χ3n) is 5.00. The summed E-state index contributed by atoms with van der Waals surface area (Å²) in [5, 5.41) is 9.20. The van der Waals surface area contributed by atoms with Crippen LogP contribution < -0.4 is 9.47 Å². The Morgan fingerprint density at radius 2 is 1.58 bits per heavy atom. The summed E-state index contributed by atoms with van der Waals surface area (Å²) in [7, 11) is 3.10. The summed E-state index contributed by atoms with van der Waals surface area (Å²) >= 11 is 1.38. The highest BCUT2D eigenvalue weighted by Gasteiger charge is 2.16. The topological polar surface area (TPSA) is 83.3 Å². The molecule has 3 aromatic rings. The van der Waals surface area contributed by atoms with Crippen LogP contribution in [0.1, 0.15) is 62.8 Å². The number of methoxy groups -OCH3 is 2. The molecule has 196 valence electrons. The van der Waals surface area contributed by atoms with Crippen molar-refractivity contribution in [1.29, 1.82) is 0 Å². The van der Waals surface area contributed by atoms with Gasteiger partial charge in [-0.25, -0.2) is 0 Å². The minimum Gasteiger partial charge on any atom is -0.493 e. The minimum atomic E-state index is -0.0103. The van der Waals surface area contributed by atoms with Gasteiger partial charge in [0.1, 0.15) is 11.6 Å². The van der Waals surface area contributed by atoms with Crippen molar-refractivity contribution in [3.05, 3.63) is 65.5 Å². The monoisotopic (exact) mass is 513 g/mol. The van der Waals surface area contributed by atoms with Crippen molar-refractivity contribution in [2.45, 2.75) is 65.6 Å². The van der Waals surface area contributed by atoms with E-state index in [1.54, 1.807) is 32.4 Å². The Kier molecular flexibility index (Phi) is 14.9. The predicted octanol–water partition coefficient (Wildman–Crippen LogP) is 6.09. The molecule has 0 aliphatic heterocycles. The number of Topliss-reactive ketones (excluding diaryl/α,β-unsaturated/α-hetero) is 2. The number of nitrogens with zero attached hydrogens (tertiary/aromatic N) is 3. The summed E-state index contributed by atoms with van der Waals surface area (Å²) in [5.74, 6) is 2.30. The van der Waals surface area contributed by atoms with Gasteiger partial charge in [0.25, 0.3) is 0 Å². The molecule has 0 N–H and O–H groups in total. The maximum Gasteiger partial charge on any atom is 0.191 e. The third-order valence-corrected chi connectivity index (χ3v) is 6.02. The molecule has 7 nitrogen and oxygen atoms in total. The van der Waals surface area contributed by atoms with Gasteiger partial charge >= 0.3 is 0 Å². The Bertz CT molecular complexity index is 1070. The van der Waals surface area contributed by atoms with Crippen molar-refractivity contribution < 1.29 is 19.1 Å². The summed E-state index contributed by atoms with van der Waals surface area (Å²) in [4.78, 5) is 25.0. The molecule has 0 spiro atoms. The molecule has 0 saturated carbocycles. The first-order valence-corrected chi connectivity index (χ1v) is 13.4. The number of aromatic nitrogens is 3. The first-order chi connectivity index (χ1) is 17.5. The van der Waals surface area contributed by atoms with Crippen LogP contribution in [-0.4, -0.2) is 46.3 Å². The number of aryl methyl sites for hydroxylation is 1. The second-order valence-corrected chi connectivity index (χ2v) is 8.07. The normalized spacial score (nSPS) is 9.86. The lowest BCUT2D eigenvalue weighted by atomic mass is 10.1. The molecule has 0 unspecified atom stereocenters. The lowest BCUT2D eigenvalue weighted by molar-refractivity contribution is -0.116. The fourth-order valence-corrected chi connectivity index (χ4v) is 4.21. The highest BCUT2D eigenvalue weighted by molar-refractivity contribution is 7.99. The fraction of sp³-hybridized carbons (Fsp3) is 0.429. The van der Waals surface area contributed by atoms with E-state index in [1.807, 2.05) is 69.5 Å². The van der Waals surface area contributed by atoms with Crippen LogP contribution in [-0.2, 0) is 24.2 Å². The number of rotatable bonds is 12. The molecule has 0 saturated heterocycles. The molecule has 0 atom stereocenters. The van der Waals surface area contributed by atoms with E-state index in [0.717, 1.165) is 11.4 Å². The predicted molar refractivity (Wildman–Crippen MR) is 146 cm³/mol. The van der Waals surface area contributed by atoms with Gasteiger partial charge in [-0.3, -0.25) is 9.59 Å². The molecule has 0 amide bonds. The number of hydrogen-bond acceptors (Lipinski definition) is 7. The average molecular weight is 514 g/mol. The quantitative estimate of drug-likeness (QED) is 0.214. The second kappa shape index (κ2) is 17.3. The lowest BCUT2D eigenvalue weighted by Crippen LogP contribution is -2.09. The van der Waals surface area contributed by atoms with E-state index in [2.05, 4.69) is 10.2 Å². The maximum atomic E-state index is 12.7. The van der Waals surface area contributed by atoms with Crippen molar-refractivity contribution in [2.75, 3.05) is 20.0 Å². The first kappa shape index (κ1) is 30.9. The molecule has 1 heterocycles. The molecular formula is C28H39N3O4S. The van der Waals surface area contributed by atoms with E-state index < -0.39 is 0 Å². The Labute approximate surface area is 219 Å². The van der Waals surface area contributed by atoms with Crippen LogP contribution in [0.15, 0.2) is 53.7 Å². The first-order valence-electron chi connectivity index (χ1n) is 12.4. The highest BCUT2D eigenvalue weighted by Crippen LogP contribution is 2.28. The van der Waals surface area contributed by atoms with Crippen molar-refractivity contribution in [2.24, 2.45) is 0 Å². The Morgan fingerprint density at radius 3 is 2.19 bits per heavy atom. The van der Waals surface area contributed by atoms with E-state index in [-0.39, 0.29) is 11.6 Å². The van der Waals surface area contributed by atoms with Crippen molar-refractivity contribution >= 4 is 23.3 Å². The SMILES string of the molecule is CC.CC.CCn1c(CCC(=O)c2ccc(OC)c(OC)c2)nnc1SCC(=O)Cc1ccccc1. The van der Waals surface area contributed by atoms with E-state index in [0.29, 0.717) is 53.8 Å². The van der Waals surface area contributed by atoms with E-state index in [1.165, 1.54) is 11.8 Å². The number of thioether (sulfide) groups is 1. The van der Waals surface area contributed by atoms with Crippen LogP contribution in [0.2, 0.25) is 0 Å². The van der Waals surface area contributed by atoms with Gasteiger partial charge in [-0.2, -0.15) is 0 Å². The van der Waals surface area contributed by atoms with Crippen molar-refractivity contribution in [3.8, 4) is 11.5 Å². The van der Waals surface area contributed by atoms with Crippen LogP contribution in [0, 0.1) is 0 Å². The summed E-state index contributed by atoms with van der Waals surface area (Å²) in [6.45, 7) is 10.7. The number of hydrogen-bond donors (Lipinski definition) is 0. The number of carbonyl (C=O) groups is 2. The third kappa shape index (κ3) is 9.15. The van der Waals surface area contributed by atoms with E-state index >= 15 is 0 Å². The Morgan fingerprint density at radius 1 is 0.917 bits per heavy atom. The van der Waals surface area contributed by atoms with Gasteiger partial charge in [-0.15, -0.1) is 10.2 Å². The molecule has 3 rings (SSSR count). The van der Waals surface area contributed by atoms with Crippen LogP contribution >= 0.6 is 11.8 Å². The van der Waals surface area contributed by atoms with Crippen LogP contribution in [0.4, 0.5) is 0 Å². The molecule has 0 aliphatic rings. The Hall–Kier alpha value is -3.13. The molecule has 1 aromatic heterocycles. The largest absolute Gasteiger partial charge is 0.493 e. The van der Waals surface area contributed by atoms with E-state index in [4.69, 9.17) is 9.47 Å². The lowest BCUT2D eigenvalue weighted by Gasteiger charge is -2.09. The number of carbonyl (C=O) groups excluding carboxylic acids is 2. The van der Waals surface area contributed by atoms with Gasteiger partial charge < -0.3 is 14.0 Å². The minimum absolute atomic E-state index is 0.0103. The molecule has 0 radical (unpaired) electrons. The van der Waals surface area contributed by atoms with Gasteiger partial charge in [0.2, 0.25) is 0 Å². The summed E-state index contributed by atoms with van der Waals surface area (Å²) in [6, 6.07) is 14.8. The van der Waals surface area contributed by atoms with Crippen molar-refractivity contribution in [1.82, 2.24) is 14.8 Å². The summed E-state index contributed by atoms with van der Waals surface area (Å²) in [5.41, 5.74) is 1.57. The Balaban J connectivity index is 0.00000154. The van der Waals surface area contributed by atoms with Crippen LogP contribution in [0.25, 0.3) is 0 Å². The molecular weight excluding hydrogens is 474 g/mol. The summed E-state index contributed by atoms with van der Waals surface area (Å²) in [6.07, 6.45) is 1.17. The van der Waals surface area contributed by atoms with Gasteiger partial charge in [-0.1, -0.05) is 69.8 Å². The van der Waals surface area contributed by atoms with Crippen molar-refractivity contribution in [3.63, 3.8) is 0 Å². The van der Waals surface area contributed by atoms with Gasteiger partial charge in [0, 0.05) is 31.4 Å². The number of ketones is 2. The van der Waals surface area contributed by atoms with Crippen LogP contribution in [0.3, 0.4) is 0 Å². The smallest absolute Gasteiger partial charge is 0.191 e. The molecule has 2 aromatic carbocycles. The second-order valence-electron chi connectivity index (χ2n) is 7.13. The standard InChI is InChI=1S/C24H27N3O4S.2C2H6/c1-4-27-23(13-11-20(29)18-10-12-21(30-2)22(15-18)31-3)25-26-24(27)32-16-19(28)14-17-8-6-5-7-9-17;2*1-2/h5-10,12,15H,4,11,13-14,16H2,1-3H3;2*1-2H3. The molecule has 8 heteroatoms. The van der Waals surface area contributed by atoms with Gasteiger partial charge in [-0.05, 0) is 30.7 Å². The highest BCUT2D eigenvalue weighted by atomic mass is 32.2. The van der Waals surface area contributed by atoms with Gasteiger partial charge in [0.05, 0.1) is 20.0 Å². The number of ether oxygens (including phenoxy) is 2. The van der Waals surface area contributed by atoms with E-state index in [9.17, 15) is 9.59 Å². The molecule has 36 heavy (non-hydrogen) atoms. The maximum absolute atomic E-state index is 12.7. The number of benzene rings is 2.